The summed E-state index contributed by atoms with van der Waals surface area (Å²) in [5.41, 5.74) is 7.45. The molecule has 1 heterocycles. The van der Waals surface area contributed by atoms with E-state index in [9.17, 15) is 4.79 Å². The van der Waals surface area contributed by atoms with Gasteiger partial charge in [-0.05, 0) is 24.8 Å². The van der Waals surface area contributed by atoms with Gasteiger partial charge in [0.2, 0.25) is 0 Å². The maximum atomic E-state index is 11.6. The van der Waals surface area contributed by atoms with E-state index >= 15 is 0 Å². The van der Waals surface area contributed by atoms with Crippen molar-refractivity contribution in [1.82, 2.24) is 0 Å². The Morgan fingerprint density at radius 2 is 1.95 bits per heavy atom. The lowest BCUT2D eigenvalue weighted by Crippen LogP contribution is -2.42. The number of oxime groups is 1. The Hall–Kier alpha value is -2.17. The van der Waals surface area contributed by atoms with Crippen LogP contribution < -0.4 is 5.73 Å². The molecule has 0 atom stereocenters. The molecule has 0 radical (unpaired) electrons. The maximum Gasteiger partial charge on any atom is 0.273 e. The molecule has 1 saturated carbocycles. The fraction of sp³-hybridized carbons (Fsp3) is 0.438. The van der Waals surface area contributed by atoms with Crippen molar-refractivity contribution < 1.29 is 10.0 Å². The molecule has 1 spiro atoms. The number of nitrogens with zero attached hydrogens (tertiary/aromatic N) is 2. The quantitative estimate of drug-likeness (QED) is 0.495. The van der Waals surface area contributed by atoms with Crippen molar-refractivity contribution in [1.29, 1.82) is 0 Å². The van der Waals surface area contributed by atoms with Gasteiger partial charge in [0.1, 0.15) is 5.71 Å². The van der Waals surface area contributed by atoms with Crippen molar-refractivity contribution in [3.05, 3.63) is 35.4 Å². The Morgan fingerprint density at radius 3 is 2.62 bits per heavy atom. The Bertz CT molecular complexity index is 628. The minimum atomic E-state index is -0.751. The topological polar surface area (TPSA) is 88.0 Å². The Morgan fingerprint density at radius 1 is 1.24 bits per heavy atom. The second kappa shape index (κ2) is 5.31. The van der Waals surface area contributed by atoms with Crippen LogP contribution in [-0.4, -0.2) is 28.1 Å². The standard InChI is InChI=1S/C16H19N3O2/c17-15(20)14(19-21)13-12-7-3-2-6-11(12)10-16(18-13)8-4-1-5-9-16/h2-3,6-7,21H,1,4-5,8-10H2,(H2,17,20)/b19-14+. The first kappa shape index (κ1) is 13.8. The van der Waals surface area contributed by atoms with Gasteiger partial charge in [0, 0.05) is 5.56 Å². The Kier molecular flexibility index (Phi) is 3.49. The molecule has 1 aromatic rings. The summed E-state index contributed by atoms with van der Waals surface area (Å²) in [5.74, 6) is -0.751. The van der Waals surface area contributed by atoms with Gasteiger partial charge in [-0.15, -0.1) is 0 Å². The number of primary amides is 1. The van der Waals surface area contributed by atoms with Crippen LogP contribution in [0.5, 0.6) is 0 Å². The molecule has 2 aliphatic rings. The zero-order valence-electron chi connectivity index (χ0n) is 11.9. The molecule has 110 valence electrons. The summed E-state index contributed by atoms with van der Waals surface area (Å²) in [4.78, 5) is 16.4. The fourth-order valence-electron chi connectivity index (χ4n) is 3.49. The zero-order valence-corrected chi connectivity index (χ0v) is 11.9. The van der Waals surface area contributed by atoms with E-state index in [0.717, 1.165) is 43.2 Å². The summed E-state index contributed by atoms with van der Waals surface area (Å²) in [5, 5.41) is 12.3. The third-order valence-electron chi connectivity index (χ3n) is 4.48. The molecule has 1 amide bonds. The van der Waals surface area contributed by atoms with Gasteiger partial charge >= 0.3 is 0 Å². The van der Waals surface area contributed by atoms with Crippen LogP contribution in [0.25, 0.3) is 0 Å². The Balaban J connectivity index is 2.13. The van der Waals surface area contributed by atoms with E-state index < -0.39 is 5.91 Å². The van der Waals surface area contributed by atoms with E-state index in [1.807, 2.05) is 18.2 Å². The fourth-order valence-corrected chi connectivity index (χ4v) is 3.49. The molecule has 1 aromatic carbocycles. The lowest BCUT2D eigenvalue weighted by Gasteiger charge is -2.38. The van der Waals surface area contributed by atoms with E-state index in [2.05, 4.69) is 11.2 Å². The molecule has 3 rings (SSSR count). The summed E-state index contributed by atoms with van der Waals surface area (Å²) in [7, 11) is 0. The predicted molar refractivity (Wildman–Crippen MR) is 80.9 cm³/mol. The first-order valence-electron chi connectivity index (χ1n) is 7.36. The van der Waals surface area contributed by atoms with Gasteiger partial charge in [-0.25, -0.2) is 0 Å². The minimum Gasteiger partial charge on any atom is -0.410 e. The lowest BCUT2D eigenvalue weighted by atomic mass is 9.74. The van der Waals surface area contributed by atoms with Gasteiger partial charge in [0.25, 0.3) is 5.91 Å². The van der Waals surface area contributed by atoms with E-state index in [-0.39, 0.29) is 11.3 Å². The highest BCUT2D eigenvalue weighted by molar-refractivity contribution is 6.70. The van der Waals surface area contributed by atoms with Gasteiger partial charge < -0.3 is 10.9 Å². The summed E-state index contributed by atoms with van der Waals surface area (Å²) in [6, 6.07) is 7.83. The molecule has 1 aliphatic carbocycles. The van der Waals surface area contributed by atoms with E-state index in [1.54, 1.807) is 0 Å². The largest absolute Gasteiger partial charge is 0.410 e. The van der Waals surface area contributed by atoms with Crippen molar-refractivity contribution in [2.45, 2.75) is 44.1 Å². The van der Waals surface area contributed by atoms with Crippen LogP contribution in [-0.2, 0) is 11.2 Å². The Labute approximate surface area is 123 Å². The number of hydrogen-bond donors (Lipinski definition) is 2. The van der Waals surface area contributed by atoms with Crippen LogP contribution in [0.2, 0.25) is 0 Å². The third kappa shape index (κ3) is 2.44. The molecule has 1 fully saturated rings. The average Bonchev–Trinajstić information content (AvgIpc) is 2.48. The summed E-state index contributed by atoms with van der Waals surface area (Å²) >= 11 is 0. The van der Waals surface area contributed by atoms with Crippen LogP contribution in [0.15, 0.2) is 34.4 Å². The van der Waals surface area contributed by atoms with Crippen LogP contribution in [0, 0.1) is 0 Å². The molecule has 0 bridgehead atoms. The van der Waals surface area contributed by atoms with E-state index in [0.29, 0.717) is 5.71 Å². The molecule has 3 N–H and O–H groups in total. The van der Waals surface area contributed by atoms with Crippen LogP contribution in [0.1, 0.15) is 43.2 Å². The molecule has 5 nitrogen and oxygen atoms in total. The predicted octanol–water partition coefficient (Wildman–Crippen LogP) is 2.05. The molecular formula is C16H19N3O2. The summed E-state index contributed by atoms with van der Waals surface area (Å²) in [6.07, 6.45) is 6.39. The second-order valence-electron chi connectivity index (χ2n) is 5.89. The number of aliphatic imine (C=N–C) groups is 1. The zero-order chi connectivity index (χ0) is 14.9. The minimum absolute atomic E-state index is 0.146. The first-order valence-corrected chi connectivity index (χ1v) is 7.36. The highest BCUT2D eigenvalue weighted by Crippen LogP contribution is 2.38. The molecular weight excluding hydrogens is 266 g/mol. The molecule has 5 heteroatoms. The highest BCUT2D eigenvalue weighted by atomic mass is 16.4. The first-order chi connectivity index (χ1) is 10.2. The summed E-state index contributed by atoms with van der Waals surface area (Å²) in [6.45, 7) is 0. The van der Waals surface area contributed by atoms with E-state index in [4.69, 9.17) is 15.9 Å². The molecule has 0 saturated heterocycles. The van der Waals surface area contributed by atoms with Crippen molar-refractivity contribution in [3.63, 3.8) is 0 Å². The maximum absolute atomic E-state index is 11.6. The number of rotatable bonds is 2. The van der Waals surface area contributed by atoms with Crippen molar-refractivity contribution >= 4 is 17.3 Å². The third-order valence-corrected chi connectivity index (χ3v) is 4.48. The van der Waals surface area contributed by atoms with Gasteiger partial charge in [-0.1, -0.05) is 48.7 Å². The van der Waals surface area contributed by atoms with Crippen molar-refractivity contribution in [2.24, 2.45) is 15.9 Å². The normalized spacial score (nSPS) is 20.8. The van der Waals surface area contributed by atoms with Crippen LogP contribution in [0.3, 0.4) is 0 Å². The van der Waals surface area contributed by atoms with Gasteiger partial charge in [0.05, 0.1) is 5.54 Å². The van der Waals surface area contributed by atoms with Crippen LogP contribution >= 0.6 is 0 Å². The SMILES string of the molecule is NC(=O)/C(=N/O)C1=NC2(CCCCC2)Cc2ccccc21. The van der Waals surface area contributed by atoms with Gasteiger partial charge in [-0.2, -0.15) is 0 Å². The molecule has 0 aromatic heterocycles. The van der Waals surface area contributed by atoms with Gasteiger partial charge in [-0.3, -0.25) is 9.79 Å². The smallest absolute Gasteiger partial charge is 0.273 e. The molecule has 0 unspecified atom stereocenters. The highest BCUT2D eigenvalue weighted by Gasteiger charge is 2.38. The molecule has 1 aliphatic heterocycles. The number of carbonyl (C=O) groups excluding carboxylic acids is 1. The van der Waals surface area contributed by atoms with Crippen LogP contribution in [0.4, 0.5) is 0 Å². The van der Waals surface area contributed by atoms with E-state index in [1.165, 1.54) is 6.42 Å². The number of carbonyl (C=O) groups is 1. The molecule has 21 heavy (non-hydrogen) atoms. The number of amides is 1. The van der Waals surface area contributed by atoms with Crippen molar-refractivity contribution in [2.75, 3.05) is 0 Å². The number of fused-ring (bicyclic) bond motifs is 1. The number of hydrogen-bond acceptors (Lipinski definition) is 4. The average molecular weight is 285 g/mol. The summed E-state index contributed by atoms with van der Waals surface area (Å²) < 4.78 is 0. The second-order valence-corrected chi connectivity index (χ2v) is 5.89. The monoisotopic (exact) mass is 285 g/mol. The number of benzene rings is 1. The lowest BCUT2D eigenvalue weighted by molar-refractivity contribution is -0.111. The number of nitrogens with two attached hydrogens (primary N) is 1. The van der Waals surface area contributed by atoms with Crippen molar-refractivity contribution in [3.8, 4) is 0 Å². The van der Waals surface area contributed by atoms with Gasteiger partial charge in [0.15, 0.2) is 5.71 Å².